The van der Waals surface area contributed by atoms with Gasteiger partial charge in [0.1, 0.15) is 18.2 Å². The van der Waals surface area contributed by atoms with Crippen LogP contribution in [0.3, 0.4) is 0 Å². The maximum absolute atomic E-state index is 13.9. The van der Waals surface area contributed by atoms with E-state index in [1.54, 1.807) is 44.2 Å². The first-order chi connectivity index (χ1) is 15.7. The normalized spacial score (nSPS) is 11.3. The van der Waals surface area contributed by atoms with Crippen LogP contribution < -0.4 is 9.04 Å². The van der Waals surface area contributed by atoms with E-state index >= 15 is 0 Å². The molecule has 0 aliphatic heterocycles. The Morgan fingerprint density at radius 1 is 1.09 bits per heavy atom. The molecular formula is C24H23ClFNO5S. The highest BCUT2D eigenvalue weighted by Gasteiger charge is 2.25. The summed E-state index contributed by atoms with van der Waals surface area (Å²) in [5.74, 6) is -1.24. The second-order valence-corrected chi connectivity index (χ2v) is 9.40. The average Bonchev–Trinajstić information content (AvgIpc) is 2.79. The SMILES string of the molecule is CCc1ccc(S(=O)(=O)N(CC)c2ccc(OCc3c(F)cccc3Cl)cc2)cc1C(=O)O. The van der Waals surface area contributed by atoms with Crippen molar-refractivity contribution in [1.29, 1.82) is 0 Å². The van der Waals surface area contributed by atoms with E-state index in [0.717, 1.165) is 0 Å². The number of sulfonamides is 1. The van der Waals surface area contributed by atoms with Crippen LogP contribution >= 0.6 is 11.6 Å². The van der Waals surface area contributed by atoms with Crippen molar-refractivity contribution < 1.29 is 27.4 Å². The molecule has 3 aromatic rings. The molecule has 0 aromatic heterocycles. The Hall–Kier alpha value is -3.10. The molecule has 174 valence electrons. The predicted molar refractivity (Wildman–Crippen MR) is 125 cm³/mol. The smallest absolute Gasteiger partial charge is 0.336 e. The van der Waals surface area contributed by atoms with Gasteiger partial charge < -0.3 is 9.84 Å². The molecule has 0 saturated carbocycles. The number of ether oxygens (including phenoxy) is 1. The molecule has 0 fully saturated rings. The van der Waals surface area contributed by atoms with Crippen molar-refractivity contribution in [2.45, 2.75) is 31.8 Å². The van der Waals surface area contributed by atoms with Crippen molar-refractivity contribution in [3.8, 4) is 5.75 Å². The van der Waals surface area contributed by atoms with Crippen molar-refractivity contribution in [2.24, 2.45) is 0 Å². The van der Waals surface area contributed by atoms with Crippen LogP contribution in [0, 0.1) is 5.82 Å². The molecule has 0 radical (unpaired) electrons. The quantitative estimate of drug-likeness (QED) is 0.425. The summed E-state index contributed by atoms with van der Waals surface area (Å²) in [6, 6.07) is 14.8. The fraction of sp³-hybridized carbons (Fsp3) is 0.208. The third-order valence-electron chi connectivity index (χ3n) is 5.14. The fourth-order valence-electron chi connectivity index (χ4n) is 3.38. The minimum Gasteiger partial charge on any atom is -0.489 e. The van der Waals surface area contributed by atoms with Crippen molar-refractivity contribution in [2.75, 3.05) is 10.8 Å². The van der Waals surface area contributed by atoms with E-state index in [4.69, 9.17) is 16.3 Å². The van der Waals surface area contributed by atoms with E-state index < -0.39 is 21.8 Å². The summed E-state index contributed by atoms with van der Waals surface area (Å²) in [6.07, 6.45) is 0.471. The van der Waals surface area contributed by atoms with E-state index in [0.29, 0.717) is 23.4 Å². The molecule has 0 spiro atoms. The van der Waals surface area contributed by atoms with Crippen LogP contribution in [0.1, 0.15) is 35.3 Å². The maximum Gasteiger partial charge on any atom is 0.336 e. The molecule has 0 aliphatic rings. The topological polar surface area (TPSA) is 83.9 Å². The fourth-order valence-corrected chi connectivity index (χ4v) is 5.09. The van der Waals surface area contributed by atoms with Gasteiger partial charge in [0.2, 0.25) is 0 Å². The molecule has 0 unspecified atom stereocenters. The van der Waals surface area contributed by atoms with Gasteiger partial charge in [-0.3, -0.25) is 4.31 Å². The number of hydrogen-bond acceptors (Lipinski definition) is 4. The van der Waals surface area contributed by atoms with Crippen LogP contribution in [0.15, 0.2) is 65.6 Å². The number of carbonyl (C=O) groups is 1. The van der Waals surface area contributed by atoms with Crippen LogP contribution in [0.4, 0.5) is 10.1 Å². The summed E-state index contributed by atoms with van der Waals surface area (Å²) in [5.41, 5.74) is 1.13. The van der Waals surface area contributed by atoms with Crippen molar-refractivity contribution >= 4 is 33.3 Å². The zero-order valence-electron chi connectivity index (χ0n) is 18.1. The largest absolute Gasteiger partial charge is 0.489 e. The third kappa shape index (κ3) is 5.29. The number of anilines is 1. The summed E-state index contributed by atoms with van der Waals surface area (Å²) in [5, 5.41) is 9.70. The number of benzene rings is 3. The van der Waals surface area contributed by atoms with Gasteiger partial charge in [-0.15, -0.1) is 0 Å². The van der Waals surface area contributed by atoms with Gasteiger partial charge in [-0.1, -0.05) is 30.7 Å². The first kappa shape index (κ1) is 24.5. The molecule has 0 heterocycles. The highest BCUT2D eigenvalue weighted by atomic mass is 35.5. The van der Waals surface area contributed by atoms with Crippen LogP contribution in [-0.2, 0) is 23.1 Å². The zero-order valence-corrected chi connectivity index (χ0v) is 19.7. The molecule has 0 aliphatic carbocycles. The second-order valence-electron chi connectivity index (χ2n) is 7.13. The first-order valence-electron chi connectivity index (χ1n) is 10.2. The van der Waals surface area contributed by atoms with Gasteiger partial charge in [-0.05, 0) is 67.4 Å². The van der Waals surface area contributed by atoms with Gasteiger partial charge in [0.25, 0.3) is 10.0 Å². The first-order valence-corrected chi connectivity index (χ1v) is 12.1. The predicted octanol–water partition coefficient (Wildman–Crippen LogP) is 5.53. The number of nitrogens with zero attached hydrogens (tertiary/aromatic N) is 1. The van der Waals surface area contributed by atoms with E-state index in [2.05, 4.69) is 0 Å². The van der Waals surface area contributed by atoms with E-state index in [1.165, 1.54) is 34.6 Å². The number of hydrogen-bond donors (Lipinski definition) is 1. The van der Waals surface area contributed by atoms with Crippen molar-refractivity contribution in [3.63, 3.8) is 0 Å². The highest BCUT2D eigenvalue weighted by molar-refractivity contribution is 7.92. The van der Waals surface area contributed by atoms with Gasteiger partial charge in [0.05, 0.1) is 21.2 Å². The molecule has 33 heavy (non-hydrogen) atoms. The third-order valence-corrected chi connectivity index (χ3v) is 7.39. The minimum atomic E-state index is -4.00. The summed E-state index contributed by atoms with van der Waals surface area (Å²) < 4.78 is 47.2. The lowest BCUT2D eigenvalue weighted by molar-refractivity contribution is 0.0695. The highest BCUT2D eigenvalue weighted by Crippen LogP contribution is 2.28. The number of halogens is 2. The lowest BCUT2D eigenvalue weighted by Gasteiger charge is -2.23. The van der Waals surface area contributed by atoms with Gasteiger partial charge in [-0.25, -0.2) is 17.6 Å². The van der Waals surface area contributed by atoms with Gasteiger partial charge in [-0.2, -0.15) is 0 Å². The number of aromatic carboxylic acids is 1. The standard InChI is InChI=1S/C24H23ClFNO5S/c1-3-16-8-13-19(14-20(16)24(28)29)33(30,31)27(4-2)17-9-11-18(12-10-17)32-15-21-22(25)6-5-7-23(21)26/h5-14H,3-4,15H2,1-2H3,(H,28,29). The van der Waals surface area contributed by atoms with Gasteiger partial charge in [0, 0.05) is 12.1 Å². The number of carboxylic acids is 1. The molecule has 0 bridgehead atoms. The lowest BCUT2D eigenvalue weighted by atomic mass is 10.1. The molecular weight excluding hydrogens is 469 g/mol. The van der Waals surface area contributed by atoms with Crippen LogP contribution in [0.5, 0.6) is 5.75 Å². The van der Waals surface area contributed by atoms with Gasteiger partial charge in [0.15, 0.2) is 0 Å². The maximum atomic E-state index is 13.9. The van der Waals surface area contributed by atoms with Crippen molar-refractivity contribution in [3.05, 3.63) is 88.2 Å². The Bertz CT molecular complexity index is 1240. The Morgan fingerprint density at radius 3 is 2.36 bits per heavy atom. The second kappa shape index (κ2) is 10.2. The zero-order chi connectivity index (χ0) is 24.2. The van der Waals surface area contributed by atoms with E-state index in [9.17, 15) is 22.7 Å². The summed E-state index contributed by atoms with van der Waals surface area (Å²) in [4.78, 5) is 11.5. The molecule has 3 aromatic carbocycles. The Morgan fingerprint density at radius 2 is 1.79 bits per heavy atom. The summed E-state index contributed by atoms with van der Waals surface area (Å²) in [6.45, 7) is 3.53. The molecule has 0 amide bonds. The van der Waals surface area contributed by atoms with E-state index in [-0.39, 0.29) is 34.2 Å². The minimum absolute atomic E-state index is 0.0369. The van der Waals surface area contributed by atoms with Crippen LogP contribution in [-0.4, -0.2) is 26.0 Å². The molecule has 9 heteroatoms. The summed E-state index contributed by atoms with van der Waals surface area (Å²) in [7, 11) is -4.00. The Labute approximate surface area is 197 Å². The monoisotopic (exact) mass is 491 g/mol. The Balaban J connectivity index is 1.84. The number of aryl methyl sites for hydroxylation is 1. The average molecular weight is 492 g/mol. The molecule has 0 saturated heterocycles. The molecule has 3 rings (SSSR count). The Kier molecular flexibility index (Phi) is 7.61. The van der Waals surface area contributed by atoms with E-state index in [1.807, 2.05) is 0 Å². The van der Waals surface area contributed by atoms with Crippen LogP contribution in [0.25, 0.3) is 0 Å². The number of carboxylic acid groups (broad SMARTS) is 1. The van der Waals surface area contributed by atoms with Gasteiger partial charge >= 0.3 is 5.97 Å². The number of rotatable bonds is 9. The lowest BCUT2D eigenvalue weighted by Crippen LogP contribution is -2.31. The van der Waals surface area contributed by atoms with Crippen molar-refractivity contribution in [1.82, 2.24) is 0 Å². The van der Waals surface area contributed by atoms with Crippen LogP contribution in [0.2, 0.25) is 5.02 Å². The molecule has 1 N–H and O–H groups in total. The summed E-state index contributed by atoms with van der Waals surface area (Å²) >= 11 is 6.01. The molecule has 0 atom stereocenters. The molecule has 6 nitrogen and oxygen atoms in total.